The minimum atomic E-state index is 0.300. The minimum Gasteiger partial charge on any atom is -0.373 e. The van der Waals surface area contributed by atoms with Gasteiger partial charge in [0.15, 0.2) is 0 Å². The standard InChI is InChI=1S/C27H36O/c1-22(16-17-26-24(3)13-10-19-27(26,4)5)11-9-12-23(2)18-20-28-21-25-14-7-6-8-15-25/h6-9,11-12,14-18H,10,13,19-21H2,1-5H3/b12-9+,17-16+,22-11+,23-18+. The molecule has 0 bridgehead atoms. The quantitative estimate of drug-likeness (QED) is 0.333. The van der Waals surface area contributed by atoms with E-state index in [1.54, 1.807) is 5.57 Å². The van der Waals surface area contributed by atoms with Crippen molar-refractivity contribution in [3.05, 3.63) is 94.6 Å². The van der Waals surface area contributed by atoms with Crippen molar-refractivity contribution in [3.63, 3.8) is 0 Å². The van der Waals surface area contributed by atoms with Crippen LogP contribution in [0.5, 0.6) is 0 Å². The van der Waals surface area contributed by atoms with Crippen LogP contribution < -0.4 is 0 Å². The lowest BCUT2D eigenvalue weighted by molar-refractivity contribution is 0.148. The van der Waals surface area contributed by atoms with Crippen molar-refractivity contribution < 1.29 is 4.74 Å². The molecule has 0 aliphatic heterocycles. The fraction of sp³-hybridized carbons (Fsp3) is 0.407. The molecule has 0 N–H and O–H groups in total. The summed E-state index contributed by atoms with van der Waals surface area (Å²) in [5, 5.41) is 0. The van der Waals surface area contributed by atoms with E-state index in [-0.39, 0.29) is 0 Å². The Morgan fingerprint density at radius 1 is 1.07 bits per heavy atom. The first-order valence-electron chi connectivity index (χ1n) is 10.4. The van der Waals surface area contributed by atoms with Crippen molar-refractivity contribution >= 4 is 0 Å². The third kappa shape index (κ3) is 7.48. The van der Waals surface area contributed by atoms with Crippen LogP contribution in [0.2, 0.25) is 0 Å². The molecule has 0 aromatic heterocycles. The number of ether oxygens (including phenoxy) is 1. The van der Waals surface area contributed by atoms with Crippen LogP contribution in [0.4, 0.5) is 0 Å². The Bertz CT molecular complexity index is 770. The molecular weight excluding hydrogens is 340 g/mol. The molecule has 1 heteroatoms. The summed E-state index contributed by atoms with van der Waals surface area (Å²) in [6, 6.07) is 10.3. The predicted molar refractivity (Wildman–Crippen MR) is 122 cm³/mol. The van der Waals surface area contributed by atoms with Crippen molar-refractivity contribution in [2.75, 3.05) is 6.61 Å². The summed E-state index contributed by atoms with van der Waals surface area (Å²) in [5.74, 6) is 0. The Morgan fingerprint density at radius 2 is 1.82 bits per heavy atom. The third-order valence-corrected chi connectivity index (χ3v) is 5.41. The van der Waals surface area contributed by atoms with Gasteiger partial charge in [0.1, 0.15) is 0 Å². The molecule has 0 saturated carbocycles. The minimum absolute atomic E-state index is 0.300. The van der Waals surface area contributed by atoms with Crippen LogP contribution in [0.15, 0.2) is 89.1 Å². The zero-order valence-corrected chi connectivity index (χ0v) is 18.3. The van der Waals surface area contributed by atoms with Gasteiger partial charge in [0.25, 0.3) is 0 Å². The number of allylic oxidation sites excluding steroid dienone is 9. The summed E-state index contributed by atoms with van der Waals surface area (Å²) in [5.41, 5.74) is 7.06. The summed E-state index contributed by atoms with van der Waals surface area (Å²) in [7, 11) is 0. The van der Waals surface area contributed by atoms with Gasteiger partial charge in [-0.15, -0.1) is 0 Å². The largest absolute Gasteiger partial charge is 0.373 e. The fourth-order valence-electron chi connectivity index (χ4n) is 3.64. The molecule has 0 atom stereocenters. The lowest BCUT2D eigenvalue weighted by Gasteiger charge is -2.32. The maximum Gasteiger partial charge on any atom is 0.0721 e. The zero-order chi connectivity index (χ0) is 20.4. The van der Waals surface area contributed by atoms with Gasteiger partial charge >= 0.3 is 0 Å². The first-order valence-corrected chi connectivity index (χ1v) is 10.4. The molecule has 0 radical (unpaired) electrons. The van der Waals surface area contributed by atoms with Crippen molar-refractivity contribution in [3.8, 4) is 0 Å². The summed E-state index contributed by atoms with van der Waals surface area (Å²) >= 11 is 0. The summed E-state index contributed by atoms with van der Waals surface area (Å²) < 4.78 is 5.71. The highest BCUT2D eigenvalue weighted by molar-refractivity contribution is 5.37. The van der Waals surface area contributed by atoms with E-state index >= 15 is 0 Å². The third-order valence-electron chi connectivity index (χ3n) is 5.41. The molecule has 28 heavy (non-hydrogen) atoms. The second-order valence-electron chi connectivity index (χ2n) is 8.48. The van der Waals surface area contributed by atoms with Gasteiger partial charge in [0.05, 0.1) is 13.2 Å². The molecular formula is C27H36O. The number of hydrogen-bond donors (Lipinski definition) is 0. The van der Waals surface area contributed by atoms with E-state index in [4.69, 9.17) is 4.74 Å². The van der Waals surface area contributed by atoms with Crippen LogP contribution in [0.25, 0.3) is 0 Å². The van der Waals surface area contributed by atoms with Crippen molar-refractivity contribution in [2.45, 2.75) is 60.5 Å². The zero-order valence-electron chi connectivity index (χ0n) is 18.3. The number of rotatable bonds is 8. The molecule has 1 aromatic carbocycles. The fourth-order valence-corrected chi connectivity index (χ4v) is 3.64. The van der Waals surface area contributed by atoms with Crippen molar-refractivity contribution in [1.82, 2.24) is 0 Å². The van der Waals surface area contributed by atoms with E-state index in [0.29, 0.717) is 18.6 Å². The van der Waals surface area contributed by atoms with Gasteiger partial charge in [-0.3, -0.25) is 0 Å². The van der Waals surface area contributed by atoms with E-state index in [1.165, 1.54) is 41.5 Å². The molecule has 1 nitrogen and oxygen atoms in total. The van der Waals surface area contributed by atoms with Gasteiger partial charge in [-0.05, 0) is 56.6 Å². The van der Waals surface area contributed by atoms with Gasteiger partial charge in [0, 0.05) is 0 Å². The Morgan fingerprint density at radius 3 is 2.54 bits per heavy atom. The average Bonchev–Trinajstić information content (AvgIpc) is 2.65. The van der Waals surface area contributed by atoms with Crippen molar-refractivity contribution in [2.24, 2.45) is 5.41 Å². The van der Waals surface area contributed by atoms with Crippen LogP contribution in [0.3, 0.4) is 0 Å². The van der Waals surface area contributed by atoms with Crippen LogP contribution in [0.1, 0.15) is 59.4 Å². The Balaban J connectivity index is 1.83. The van der Waals surface area contributed by atoms with Gasteiger partial charge in [-0.2, -0.15) is 0 Å². The second-order valence-corrected chi connectivity index (χ2v) is 8.48. The summed E-state index contributed by atoms with van der Waals surface area (Å²) in [6.07, 6.45) is 17.0. The Labute approximate surface area is 172 Å². The maximum absolute atomic E-state index is 5.71. The first kappa shape index (κ1) is 22.2. The highest BCUT2D eigenvalue weighted by atomic mass is 16.5. The van der Waals surface area contributed by atoms with E-state index in [0.717, 1.165) is 0 Å². The molecule has 1 aliphatic rings. The van der Waals surface area contributed by atoms with Gasteiger partial charge in [-0.1, -0.05) is 97.4 Å². The topological polar surface area (TPSA) is 9.23 Å². The molecule has 0 spiro atoms. The number of benzene rings is 1. The summed E-state index contributed by atoms with van der Waals surface area (Å²) in [6.45, 7) is 12.6. The molecule has 0 unspecified atom stereocenters. The van der Waals surface area contributed by atoms with E-state index < -0.39 is 0 Å². The lowest BCUT2D eigenvalue weighted by Crippen LogP contribution is -2.19. The molecule has 1 aliphatic carbocycles. The van der Waals surface area contributed by atoms with Crippen LogP contribution in [0, 0.1) is 5.41 Å². The molecule has 0 saturated heterocycles. The lowest BCUT2D eigenvalue weighted by atomic mass is 9.72. The first-order chi connectivity index (χ1) is 13.4. The predicted octanol–water partition coefficient (Wildman–Crippen LogP) is 7.73. The maximum atomic E-state index is 5.71. The van der Waals surface area contributed by atoms with Crippen LogP contribution in [-0.4, -0.2) is 6.61 Å². The van der Waals surface area contributed by atoms with Crippen LogP contribution >= 0.6 is 0 Å². The van der Waals surface area contributed by atoms with Gasteiger partial charge < -0.3 is 4.74 Å². The number of hydrogen-bond acceptors (Lipinski definition) is 1. The molecule has 0 heterocycles. The highest BCUT2D eigenvalue weighted by Crippen LogP contribution is 2.40. The monoisotopic (exact) mass is 376 g/mol. The van der Waals surface area contributed by atoms with Crippen molar-refractivity contribution in [1.29, 1.82) is 0 Å². The second kappa shape index (κ2) is 11.0. The molecule has 0 fully saturated rings. The molecule has 0 amide bonds. The normalized spacial score (nSPS) is 18.5. The van der Waals surface area contributed by atoms with Gasteiger partial charge in [-0.25, -0.2) is 0 Å². The van der Waals surface area contributed by atoms with Crippen LogP contribution in [-0.2, 0) is 11.3 Å². The average molecular weight is 377 g/mol. The molecule has 1 aromatic rings. The highest BCUT2D eigenvalue weighted by Gasteiger charge is 2.26. The van der Waals surface area contributed by atoms with E-state index in [1.807, 2.05) is 18.2 Å². The Kier molecular flexibility index (Phi) is 8.73. The van der Waals surface area contributed by atoms with Gasteiger partial charge in [0.2, 0.25) is 0 Å². The smallest absolute Gasteiger partial charge is 0.0721 e. The molecule has 2 rings (SSSR count). The Hall–Kier alpha value is -2.12. The van der Waals surface area contributed by atoms with E-state index in [9.17, 15) is 0 Å². The molecule has 150 valence electrons. The SMILES string of the molecule is CC1=C(/C=C/C(C)=C/C=C/C(C)=C/COCc2ccccc2)C(C)(C)CCC1. The van der Waals surface area contributed by atoms with E-state index in [2.05, 4.69) is 83.2 Å². The summed E-state index contributed by atoms with van der Waals surface area (Å²) in [4.78, 5) is 0.